The van der Waals surface area contributed by atoms with Gasteiger partial charge in [0.05, 0.1) is 5.76 Å². The average Bonchev–Trinajstić information content (AvgIpc) is 2.93. The Hall–Kier alpha value is -0.460. The summed E-state index contributed by atoms with van der Waals surface area (Å²) in [5, 5.41) is 9.07. The van der Waals surface area contributed by atoms with Gasteiger partial charge in [0.25, 0.3) is 0 Å². The van der Waals surface area contributed by atoms with E-state index in [4.69, 9.17) is 5.11 Å². The number of rotatable bonds is 14. The van der Waals surface area contributed by atoms with Gasteiger partial charge in [-0.05, 0) is 18.3 Å². The monoisotopic (exact) mass is 308 g/mol. The van der Waals surface area contributed by atoms with E-state index in [0.29, 0.717) is 5.76 Å². The molecule has 0 radical (unpaired) electrons. The summed E-state index contributed by atoms with van der Waals surface area (Å²) in [7, 11) is 0. The number of allylic oxidation sites excluding steroid dienone is 1. The first-order valence-electron chi connectivity index (χ1n) is 10.1. The van der Waals surface area contributed by atoms with Gasteiger partial charge in [0, 0.05) is 6.42 Å². The molecule has 1 aliphatic carbocycles. The fourth-order valence-electron chi connectivity index (χ4n) is 4.15. The van der Waals surface area contributed by atoms with Gasteiger partial charge in [-0.1, -0.05) is 103 Å². The molecule has 1 saturated carbocycles. The lowest BCUT2D eigenvalue weighted by Gasteiger charge is -2.19. The summed E-state index contributed by atoms with van der Waals surface area (Å²) in [6.45, 7) is 5.85. The highest BCUT2D eigenvalue weighted by molar-refractivity contribution is 4.79. The van der Waals surface area contributed by atoms with Crippen molar-refractivity contribution in [2.45, 2.75) is 110 Å². The van der Waals surface area contributed by atoms with E-state index < -0.39 is 0 Å². The molecule has 0 amide bonds. The highest BCUT2D eigenvalue weighted by Crippen LogP contribution is 2.38. The van der Waals surface area contributed by atoms with Crippen LogP contribution in [-0.4, -0.2) is 5.11 Å². The fraction of sp³-hybridized carbons (Fsp3) is 0.905. The van der Waals surface area contributed by atoms with Gasteiger partial charge in [0.1, 0.15) is 0 Å². The van der Waals surface area contributed by atoms with Crippen molar-refractivity contribution in [1.82, 2.24) is 0 Å². The first kappa shape index (κ1) is 19.6. The summed E-state index contributed by atoms with van der Waals surface area (Å²) in [6.07, 6.45) is 22.0. The van der Waals surface area contributed by atoms with E-state index in [-0.39, 0.29) is 0 Å². The Morgan fingerprint density at radius 3 is 1.86 bits per heavy atom. The van der Waals surface area contributed by atoms with E-state index >= 15 is 0 Å². The molecule has 1 heteroatoms. The molecule has 0 aromatic rings. The lowest BCUT2D eigenvalue weighted by atomic mass is 9.86. The van der Waals surface area contributed by atoms with Crippen molar-refractivity contribution >= 4 is 0 Å². The van der Waals surface area contributed by atoms with E-state index in [9.17, 15) is 0 Å². The zero-order valence-electron chi connectivity index (χ0n) is 15.1. The third kappa shape index (κ3) is 9.54. The van der Waals surface area contributed by atoms with Crippen LogP contribution >= 0.6 is 0 Å². The summed E-state index contributed by atoms with van der Waals surface area (Å²) in [5.41, 5.74) is 0. The van der Waals surface area contributed by atoms with Gasteiger partial charge in [0.15, 0.2) is 0 Å². The second kappa shape index (κ2) is 13.0. The van der Waals surface area contributed by atoms with Gasteiger partial charge in [-0.2, -0.15) is 0 Å². The second-order valence-electron chi connectivity index (χ2n) is 7.53. The molecular weight excluding hydrogens is 268 g/mol. The van der Waals surface area contributed by atoms with Gasteiger partial charge in [-0.25, -0.2) is 0 Å². The maximum Gasteiger partial charge on any atom is 0.0851 e. The Morgan fingerprint density at radius 1 is 0.818 bits per heavy atom. The third-order valence-electron chi connectivity index (χ3n) is 5.54. The predicted molar refractivity (Wildman–Crippen MR) is 98.3 cm³/mol. The van der Waals surface area contributed by atoms with Crippen LogP contribution in [0.5, 0.6) is 0 Å². The maximum absolute atomic E-state index is 9.07. The molecule has 1 rings (SSSR count). The molecule has 2 unspecified atom stereocenters. The van der Waals surface area contributed by atoms with Crippen molar-refractivity contribution in [1.29, 1.82) is 0 Å². The topological polar surface area (TPSA) is 20.2 Å². The molecule has 22 heavy (non-hydrogen) atoms. The van der Waals surface area contributed by atoms with E-state index in [1.54, 1.807) is 0 Å². The van der Waals surface area contributed by atoms with E-state index in [2.05, 4.69) is 13.5 Å². The Labute approximate surface area is 139 Å². The van der Waals surface area contributed by atoms with Gasteiger partial charge in [-0.3, -0.25) is 0 Å². The molecule has 0 heterocycles. The standard InChI is InChI=1S/C21H40O/c1-3-4-5-6-7-11-15-20-17-13-18-21(20)16-12-9-8-10-14-19(2)22/h20-22H,2-18H2,1H3. The molecule has 130 valence electrons. The van der Waals surface area contributed by atoms with Crippen LogP contribution in [-0.2, 0) is 0 Å². The van der Waals surface area contributed by atoms with E-state index in [1.807, 2.05) is 0 Å². The van der Waals surface area contributed by atoms with Crippen molar-refractivity contribution in [2.75, 3.05) is 0 Å². The largest absolute Gasteiger partial charge is 0.513 e. The number of aliphatic hydroxyl groups is 1. The molecule has 1 aliphatic rings. The molecule has 0 spiro atoms. The molecule has 0 aromatic heterocycles. The molecule has 1 N–H and O–H groups in total. The summed E-state index contributed by atoms with van der Waals surface area (Å²) < 4.78 is 0. The van der Waals surface area contributed by atoms with Gasteiger partial charge in [-0.15, -0.1) is 0 Å². The van der Waals surface area contributed by atoms with Crippen molar-refractivity contribution in [2.24, 2.45) is 11.8 Å². The van der Waals surface area contributed by atoms with Crippen LogP contribution in [0.3, 0.4) is 0 Å². The highest BCUT2D eigenvalue weighted by atomic mass is 16.3. The minimum absolute atomic E-state index is 0.356. The normalized spacial score (nSPS) is 21.3. The van der Waals surface area contributed by atoms with Crippen molar-refractivity contribution in [3.63, 3.8) is 0 Å². The zero-order valence-corrected chi connectivity index (χ0v) is 15.1. The quantitative estimate of drug-likeness (QED) is 0.259. The Bertz CT molecular complexity index is 271. The van der Waals surface area contributed by atoms with Crippen LogP contribution in [0.15, 0.2) is 12.3 Å². The third-order valence-corrected chi connectivity index (χ3v) is 5.54. The van der Waals surface area contributed by atoms with Gasteiger partial charge in [0.2, 0.25) is 0 Å². The molecule has 0 aliphatic heterocycles. The van der Waals surface area contributed by atoms with Crippen molar-refractivity contribution in [3.8, 4) is 0 Å². The number of hydrogen-bond acceptors (Lipinski definition) is 1. The Kier molecular flexibility index (Phi) is 11.6. The molecule has 0 aromatic carbocycles. The lowest BCUT2D eigenvalue weighted by molar-refractivity contribution is 0.321. The molecule has 1 fully saturated rings. The van der Waals surface area contributed by atoms with Gasteiger partial charge < -0.3 is 5.11 Å². The summed E-state index contributed by atoms with van der Waals surface area (Å²) in [4.78, 5) is 0. The molecule has 0 bridgehead atoms. The minimum Gasteiger partial charge on any atom is -0.513 e. The zero-order chi connectivity index (χ0) is 16.0. The number of aliphatic hydroxyl groups excluding tert-OH is 1. The van der Waals surface area contributed by atoms with Crippen LogP contribution in [0.25, 0.3) is 0 Å². The summed E-state index contributed by atoms with van der Waals surface area (Å²) in [6, 6.07) is 0. The van der Waals surface area contributed by atoms with Crippen LogP contribution < -0.4 is 0 Å². The molecule has 1 nitrogen and oxygen atoms in total. The Morgan fingerprint density at radius 2 is 1.32 bits per heavy atom. The molecular formula is C21H40O. The highest BCUT2D eigenvalue weighted by Gasteiger charge is 2.25. The van der Waals surface area contributed by atoms with Crippen LogP contribution in [0.1, 0.15) is 110 Å². The number of hydrogen-bond donors (Lipinski definition) is 1. The van der Waals surface area contributed by atoms with E-state index in [0.717, 1.165) is 24.7 Å². The smallest absolute Gasteiger partial charge is 0.0851 e. The second-order valence-corrected chi connectivity index (χ2v) is 7.53. The SMILES string of the molecule is C=C(O)CCCCCCC1CCCC1CCCCCCCC. The van der Waals surface area contributed by atoms with Crippen LogP contribution in [0.4, 0.5) is 0 Å². The fourth-order valence-corrected chi connectivity index (χ4v) is 4.15. The van der Waals surface area contributed by atoms with Crippen LogP contribution in [0.2, 0.25) is 0 Å². The van der Waals surface area contributed by atoms with Crippen molar-refractivity contribution in [3.05, 3.63) is 12.3 Å². The molecule has 2 atom stereocenters. The number of unbranched alkanes of at least 4 members (excludes halogenated alkanes) is 8. The molecule has 0 saturated heterocycles. The van der Waals surface area contributed by atoms with Gasteiger partial charge >= 0.3 is 0 Å². The van der Waals surface area contributed by atoms with Crippen LogP contribution in [0, 0.1) is 11.8 Å². The van der Waals surface area contributed by atoms with Crippen molar-refractivity contribution < 1.29 is 5.11 Å². The lowest BCUT2D eigenvalue weighted by Crippen LogP contribution is -2.08. The first-order chi connectivity index (χ1) is 10.7. The minimum atomic E-state index is 0.356. The average molecular weight is 309 g/mol. The predicted octanol–water partition coefficient (Wildman–Crippen LogP) is 7.57. The van der Waals surface area contributed by atoms with E-state index in [1.165, 1.54) is 89.9 Å². The summed E-state index contributed by atoms with van der Waals surface area (Å²) in [5.74, 6) is 2.43. The Balaban J connectivity index is 1.99. The maximum atomic E-state index is 9.07. The summed E-state index contributed by atoms with van der Waals surface area (Å²) >= 11 is 0. The first-order valence-corrected chi connectivity index (χ1v) is 10.1.